The first kappa shape index (κ1) is 17.4. The van der Waals surface area contributed by atoms with Gasteiger partial charge in [-0.1, -0.05) is 66.9 Å². The second-order valence-corrected chi connectivity index (χ2v) is 7.79. The summed E-state index contributed by atoms with van der Waals surface area (Å²) in [5.74, 6) is 0.542. The molecule has 0 fully saturated rings. The number of unbranched alkanes of at least 4 members (excludes halogenated alkanes) is 1. The van der Waals surface area contributed by atoms with Crippen LogP contribution in [0.3, 0.4) is 0 Å². The van der Waals surface area contributed by atoms with Gasteiger partial charge >= 0.3 is 0 Å². The normalized spacial score (nSPS) is 14.0. The highest BCUT2D eigenvalue weighted by Crippen LogP contribution is 2.30. The van der Waals surface area contributed by atoms with Crippen LogP contribution in [0.5, 0.6) is 0 Å². The van der Waals surface area contributed by atoms with Crippen molar-refractivity contribution in [2.45, 2.75) is 57.2 Å². The number of anilines is 1. The van der Waals surface area contributed by atoms with Gasteiger partial charge in [-0.25, -0.2) is 4.98 Å². The first-order valence-electron chi connectivity index (χ1n) is 7.90. The lowest BCUT2D eigenvalue weighted by Crippen LogP contribution is -2.22. The van der Waals surface area contributed by atoms with Crippen molar-refractivity contribution in [2.24, 2.45) is 0 Å². The van der Waals surface area contributed by atoms with Gasteiger partial charge in [-0.05, 0) is 36.5 Å². The molecule has 2 atom stereocenters. The Morgan fingerprint density at radius 3 is 2.86 bits per heavy atom. The second kappa shape index (κ2) is 8.06. The van der Waals surface area contributed by atoms with Crippen molar-refractivity contribution in [3.63, 3.8) is 0 Å². The smallest absolute Gasteiger partial charge is 0.239 e. The monoisotopic (exact) mass is 382 g/mol. The van der Waals surface area contributed by atoms with Crippen LogP contribution in [0.2, 0.25) is 0 Å². The van der Waals surface area contributed by atoms with Crippen molar-refractivity contribution in [1.82, 2.24) is 4.98 Å². The number of nitrogens with one attached hydrogen (secondary N) is 1. The largest absolute Gasteiger partial charge is 0.301 e. The molecule has 1 amide bonds. The molecule has 3 nitrogen and oxygen atoms in total. The van der Waals surface area contributed by atoms with Crippen molar-refractivity contribution in [1.29, 1.82) is 0 Å². The Balaban J connectivity index is 2.11. The number of thiazole rings is 1. The Bertz CT molecular complexity index is 641. The Morgan fingerprint density at radius 1 is 1.41 bits per heavy atom. The molecular formula is C17H23BrN2OS. The summed E-state index contributed by atoms with van der Waals surface area (Å²) in [6.07, 6.45) is 4.11. The van der Waals surface area contributed by atoms with Crippen LogP contribution in [0, 0.1) is 0 Å². The third-order valence-electron chi connectivity index (χ3n) is 3.92. The lowest BCUT2D eigenvalue weighted by molar-refractivity contribution is -0.115. The number of carbonyl (C=O) groups is 1. The van der Waals surface area contributed by atoms with Gasteiger partial charge in [0.1, 0.15) is 0 Å². The highest BCUT2D eigenvalue weighted by atomic mass is 79.9. The van der Waals surface area contributed by atoms with Gasteiger partial charge in [0.15, 0.2) is 5.13 Å². The van der Waals surface area contributed by atoms with E-state index in [2.05, 4.69) is 59.1 Å². The van der Waals surface area contributed by atoms with Gasteiger partial charge in [-0.15, -0.1) is 0 Å². The number of hydrogen-bond acceptors (Lipinski definition) is 3. The van der Waals surface area contributed by atoms with Crippen molar-refractivity contribution < 1.29 is 4.79 Å². The van der Waals surface area contributed by atoms with Gasteiger partial charge < -0.3 is 5.32 Å². The van der Waals surface area contributed by atoms with Gasteiger partial charge in [0.25, 0.3) is 0 Å². The van der Waals surface area contributed by atoms with Crippen molar-refractivity contribution in [2.75, 3.05) is 5.32 Å². The van der Waals surface area contributed by atoms with Crippen molar-refractivity contribution >= 4 is 48.5 Å². The van der Waals surface area contributed by atoms with Crippen LogP contribution >= 0.6 is 27.3 Å². The highest BCUT2D eigenvalue weighted by molar-refractivity contribution is 9.10. The maximum absolute atomic E-state index is 12.1. The summed E-state index contributed by atoms with van der Waals surface area (Å²) >= 11 is 5.00. The van der Waals surface area contributed by atoms with E-state index in [9.17, 15) is 4.79 Å². The molecule has 0 radical (unpaired) electrons. The number of fused-ring (bicyclic) bond motifs is 1. The molecule has 120 valence electrons. The number of rotatable bonds is 7. The Labute approximate surface area is 144 Å². The molecule has 0 spiro atoms. The van der Waals surface area contributed by atoms with E-state index in [0.29, 0.717) is 11.0 Å². The standard InChI is InChI=1S/C17H23BrN2OS/c1-4-6-7-13(18)16(21)20-17-19-14-9-8-12(11(3)5-2)10-15(14)22-17/h8-11,13H,4-7H2,1-3H3,(H,19,20,21)/t11-,13-/m1/s1. The summed E-state index contributed by atoms with van der Waals surface area (Å²) in [4.78, 5) is 16.5. The molecule has 1 aromatic carbocycles. The predicted molar refractivity (Wildman–Crippen MR) is 99.2 cm³/mol. The molecule has 0 aliphatic rings. The van der Waals surface area contributed by atoms with E-state index in [0.717, 1.165) is 35.9 Å². The predicted octanol–water partition coefficient (Wildman–Crippen LogP) is 5.70. The van der Waals surface area contributed by atoms with Gasteiger partial charge in [-0.2, -0.15) is 0 Å². The first-order chi connectivity index (χ1) is 10.5. The van der Waals surface area contributed by atoms with Crippen LogP contribution in [-0.2, 0) is 4.79 Å². The fraction of sp³-hybridized carbons (Fsp3) is 0.529. The summed E-state index contributed by atoms with van der Waals surface area (Å²) in [5, 5.41) is 3.61. The number of amides is 1. The number of benzene rings is 1. The fourth-order valence-corrected chi connectivity index (χ4v) is 3.59. The molecule has 5 heteroatoms. The van der Waals surface area contributed by atoms with Crippen molar-refractivity contribution in [3.05, 3.63) is 23.8 Å². The van der Waals surface area contributed by atoms with Gasteiger partial charge in [0, 0.05) is 0 Å². The molecule has 1 N–H and O–H groups in total. The molecule has 0 saturated carbocycles. The maximum Gasteiger partial charge on any atom is 0.239 e. The number of halogens is 1. The molecule has 2 rings (SSSR count). The van der Waals surface area contributed by atoms with E-state index in [1.807, 2.05) is 6.07 Å². The topological polar surface area (TPSA) is 42.0 Å². The SMILES string of the molecule is CCCC[C@@H](Br)C(=O)Nc1nc2ccc([C@H](C)CC)cc2s1. The first-order valence-corrected chi connectivity index (χ1v) is 9.63. The molecule has 0 aliphatic carbocycles. The van der Waals surface area contributed by atoms with Crippen LogP contribution in [0.1, 0.15) is 57.9 Å². The molecule has 1 aromatic heterocycles. The molecule has 0 aliphatic heterocycles. The molecule has 0 unspecified atom stereocenters. The zero-order valence-corrected chi connectivity index (χ0v) is 15.8. The molecule has 1 heterocycles. The summed E-state index contributed by atoms with van der Waals surface area (Å²) in [5.41, 5.74) is 2.28. The number of alkyl halides is 1. The zero-order chi connectivity index (χ0) is 16.1. The third kappa shape index (κ3) is 4.29. The van der Waals surface area contributed by atoms with Crippen LogP contribution in [0.15, 0.2) is 18.2 Å². The minimum absolute atomic E-state index is 0.00495. The van der Waals surface area contributed by atoms with Crippen LogP contribution < -0.4 is 5.32 Å². The summed E-state index contributed by atoms with van der Waals surface area (Å²) in [7, 11) is 0. The Morgan fingerprint density at radius 2 is 2.18 bits per heavy atom. The van der Waals surface area contributed by atoms with E-state index < -0.39 is 0 Å². The van der Waals surface area contributed by atoms with Crippen molar-refractivity contribution in [3.8, 4) is 0 Å². The molecule has 0 saturated heterocycles. The molecular weight excluding hydrogens is 360 g/mol. The number of nitrogens with zero attached hydrogens (tertiary/aromatic N) is 1. The van der Waals surface area contributed by atoms with E-state index in [-0.39, 0.29) is 10.7 Å². The summed E-state index contributed by atoms with van der Waals surface area (Å²) < 4.78 is 1.13. The minimum Gasteiger partial charge on any atom is -0.301 e. The van der Waals surface area contributed by atoms with E-state index in [4.69, 9.17) is 0 Å². The number of carbonyl (C=O) groups excluding carboxylic acids is 1. The van der Waals surface area contributed by atoms with E-state index in [1.165, 1.54) is 5.56 Å². The number of hydrogen-bond donors (Lipinski definition) is 1. The quantitative estimate of drug-likeness (QED) is 0.623. The summed E-state index contributed by atoms with van der Waals surface area (Å²) in [6.45, 7) is 6.55. The van der Waals surface area contributed by atoms with Crippen LogP contribution in [0.25, 0.3) is 10.2 Å². The fourth-order valence-electron chi connectivity index (χ4n) is 2.24. The minimum atomic E-state index is -0.143. The average Bonchev–Trinajstić information content (AvgIpc) is 2.92. The molecule has 22 heavy (non-hydrogen) atoms. The number of aromatic nitrogens is 1. The molecule has 2 aromatic rings. The Hall–Kier alpha value is -0.940. The average molecular weight is 383 g/mol. The van der Waals surface area contributed by atoms with Crippen LogP contribution in [0.4, 0.5) is 5.13 Å². The lowest BCUT2D eigenvalue weighted by Gasteiger charge is -2.07. The lowest BCUT2D eigenvalue weighted by atomic mass is 9.99. The molecule has 0 bridgehead atoms. The van der Waals surface area contributed by atoms with Gasteiger partial charge in [0.05, 0.1) is 15.0 Å². The van der Waals surface area contributed by atoms with Crippen LogP contribution in [-0.4, -0.2) is 15.7 Å². The van der Waals surface area contributed by atoms with Gasteiger partial charge in [0.2, 0.25) is 5.91 Å². The second-order valence-electron chi connectivity index (χ2n) is 5.65. The van der Waals surface area contributed by atoms with E-state index >= 15 is 0 Å². The third-order valence-corrected chi connectivity index (χ3v) is 5.73. The van der Waals surface area contributed by atoms with Gasteiger partial charge in [-0.3, -0.25) is 4.79 Å². The maximum atomic E-state index is 12.1. The summed E-state index contributed by atoms with van der Waals surface area (Å²) in [6, 6.07) is 6.38. The Kier molecular flexibility index (Phi) is 6.38. The van der Waals surface area contributed by atoms with E-state index in [1.54, 1.807) is 11.3 Å². The zero-order valence-electron chi connectivity index (χ0n) is 13.4. The highest BCUT2D eigenvalue weighted by Gasteiger charge is 2.16.